The lowest BCUT2D eigenvalue weighted by Crippen LogP contribution is -2.47. The second kappa shape index (κ2) is 4.30. The van der Waals surface area contributed by atoms with Crippen molar-refractivity contribution < 1.29 is 4.39 Å². The molecule has 2 atom stereocenters. The molecule has 0 amide bonds. The molecule has 0 saturated heterocycles. The second-order valence-electron chi connectivity index (χ2n) is 5.90. The quantitative estimate of drug-likeness (QED) is 0.857. The van der Waals surface area contributed by atoms with Crippen LogP contribution >= 0.6 is 0 Å². The summed E-state index contributed by atoms with van der Waals surface area (Å²) in [6, 6.07) is 4.87. The zero-order valence-corrected chi connectivity index (χ0v) is 11.5. The van der Waals surface area contributed by atoms with Gasteiger partial charge < -0.3 is 10.3 Å². The molecule has 19 heavy (non-hydrogen) atoms. The lowest BCUT2D eigenvalue weighted by atomic mass is 9.71. The summed E-state index contributed by atoms with van der Waals surface area (Å²) in [6.07, 6.45) is 4.46. The van der Waals surface area contributed by atoms with Gasteiger partial charge in [-0.3, -0.25) is 0 Å². The van der Waals surface area contributed by atoms with Crippen molar-refractivity contribution in [1.29, 1.82) is 0 Å². The minimum absolute atomic E-state index is 0.109. The van der Waals surface area contributed by atoms with Crippen LogP contribution in [0.5, 0.6) is 0 Å². The number of benzene rings is 1. The molecular weight excluding hydrogens is 241 g/mol. The van der Waals surface area contributed by atoms with E-state index >= 15 is 0 Å². The number of fused-ring (bicyclic) bond motifs is 1. The Morgan fingerprint density at radius 1 is 1.42 bits per heavy atom. The van der Waals surface area contributed by atoms with E-state index in [-0.39, 0.29) is 17.3 Å². The molecule has 3 nitrogen and oxygen atoms in total. The van der Waals surface area contributed by atoms with E-state index < -0.39 is 0 Å². The molecule has 3 rings (SSSR count). The molecule has 1 fully saturated rings. The highest BCUT2D eigenvalue weighted by atomic mass is 19.1. The van der Waals surface area contributed by atoms with Crippen molar-refractivity contribution in [2.75, 3.05) is 0 Å². The van der Waals surface area contributed by atoms with Crippen molar-refractivity contribution in [2.24, 2.45) is 12.8 Å². The highest BCUT2D eigenvalue weighted by Crippen LogP contribution is 2.38. The zero-order chi connectivity index (χ0) is 13.6. The normalized spacial score (nSPS) is 27.9. The van der Waals surface area contributed by atoms with Crippen LogP contribution in [0.15, 0.2) is 18.2 Å². The van der Waals surface area contributed by atoms with E-state index in [1.54, 1.807) is 12.1 Å². The van der Waals surface area contributed by atoms with Gasteiger partial charge in [-0.15, -0.1) is 0 Å². The van der Waals surface area contributed by atoms with Crippen molar-refractivity contribution in [1.82, 2.24) is 9.55 Å². The molecule has 2 aromatic rings. The Morgan fingerprint density at radius 3 is 2.95 bits per heavy atom. The van der Waals surface area contributed by atoms with Gasteiger partial charge in [0.05, 0.1) is 11.0 Å². The zero-order valence-electron chi connectivity index (χ0n) is 11.5. The topological polar surface area (TPSA) is 43.8 Å². The van der Waals surface area contributed by atoms with Gasteiger partial charge in [0.15, 0.2) is 0 Å². The highest BCUT2D eigenvalue weighted by Gasteiger charge is 2.39. The average Bonchev–Trinajstić information content (AvgIpc) is 2.71. The molecule has 1 heterocycles. The van der Waals surface area contributed by atoms with Gasteiger partial charge in [-0.2, -0.15) is 0 Å². The molecule has 0 aliphatic heterocycles. The number of aromatic nitrogens is 2. The van der Waals surface area contributed by atoms with E-state index in [9.17, 15) is 4.39 Å². The van der Waals surface area contributed by atoms with E-state index in [0.717, 1.165) is 29.7 Å². The maximum atomic E-state index is 13.4. The van der Waals surface area contributed by atoms with Crippen LogP contribution in [-0.2, 0) is 12.5 Å². The molecule has 0 radical (unpaired) electrons. The minimum Gasteiger partial charge on any atom is -0.331 e. The van der Waals surface area contributed by atoms with E-state index in [4.69, 9.17) is 10.7 Å². The Kier molecular flexibility index (Phi) is 2.86. The van der Waals surface area contributed by atoms with Crippen molar-refractivity contribution in [2.45, 2.75) is 44.1 Å². The third kappa shape index (κ3) is 1.86. The molecule has 0 bridgehead atoms. The molecule has 1 aromatic carbocycles. The molecule has 1 aromatic heterocycles. The fourth-order valence-electron chi connectivity index (χ4n) is 3.31. The molecule has 102 valence electrons. The van der Waals surface area contributed by atoms with Crippen LogP contribution in [0, 0.1) is 5.82 Å². The molecule has 1 saturated carbocycles. The summed E-state index contributed by atoms with van der Waals surface area (Å²) in [5.74, 6) is 0.764. The first-order valence-corrected chi connectivity index (χ1v) is 6.90. The summed E-state index contributed by atoms with van der Waals surface area (Å²) in [6.45, 7) is 2.19. The number of aryl methyl sites for hydroxylation is 1. The van der Waals surface area contributed by atoms with Gasteiger partial charge in [-0.25, -0.2) is 9.37 Å². The fourth-order valence-corrected chi connectivity index (χ4v) is 3.31. The van der Waals surface area contributed by atoms with E-state index in [0.29, 0.717) is 0 Å². The van der Waals surface area contributed by atoms with Crippen LogP contribution in [0.2, 0.25) is 0 Å². The fraction of sp³-hybridized carbons (Fsp3) is 0.533. The standard InChI is InChI=1S/C15H20FN3/c1-15(8-4-3-5-13(15)17)14-18-11-7-6-10(16)9-12(11)19(14)2/h6-7,9,13H,3-5,8,17H2,1-2H3. The van der Waals surface area contributed by atoms with E-state index in [1.165, 1.54) is 18.9 Å². The van der Waals surface area contributed by atoms with Crippen molar-refractivity contribution >= 4 is 11.0 Å². The molecular formula is C15H20FN3. The van der Waals surface area contributed by atoms with Gasteiger partial charge in [0.1, 0.15) is 11.6 Å². The van der Waals surface area contributed by atoms with Crippen LogP contribution in [0.4, 0.5) is 4.39 Å². The average molecular weight is 261 g/mol. The monoisotopic (exact) mass is 261 g/mol. The number of nitrogens with zero attached hydrogens (tertiary/aromatic N) is 2. The largest absolute Gasteiger partial charge is 0.331 e. The van der Waals surface area contributed by atoms with E-state index in [1.807, 2.05) is 11.6 Å². The molecule has 2 N–H and O–H groups in total. The number of hydrogen-bond donors (Lipinski definition) is 1. The molecule has 2 unspecified atom stereocenters. The first-order valence-electron chi connectivity index (χ1n) is 6.90. The van der Waals surface area contributed by atoms with Gasteiger partial charge in [-0.05, 0) is 31.0 Å². The Hall–Kier alpha value is -1.42. The molecule has 1 aliphatic carbocycles. The van der Waals surface area contributed by atoms with E-state index in [2.05, 4.69) is 6.92 Å². The summed E-state index contributed by atoms with van der Waals surface area (Å²) >= 11 is 0. The summed E-state index contributed by atoms with van der Waals surface area (Å²) < 4.78 is 15.4. The Morgan fingerprint density at radius 2 is 2.21 bits per heavy atom. The third-order valence-corrected chi connectivity index (χ3v) is 4.63. The molecule has 4 heteroatoms. The summed E-state index contributed by atoms with van der Waals surface area (Å²) in [5, 5.41) is 0. The lowest BCUT2D eigenvalue weighted by Gasteiger charge is -2.38. The van der Waals surface area contributed by atoms with Gasteiger partial charge in [0.2, 0.25) is 0 Å². The first kappa shape index (κ1) is 12.6. The molecule has 0 spiro atoms. The van der Waals surface area contributed by atoms with Crippen LogP contribution < -0.4 is 5.73 Å². The predicted octanol–water partition coefficient (Wildman–Crippen LogP) is 2.87. The summed E-state index contributed by atoms with van der Waals surface area (Å²) in [7, 11) is 1.96. The SMILES string of the molecule is Cn1c(C2(C)CCCCC2N)nc2ccc(F)cc21. The summed E-state index contributed by atoms with van der Waals surface area (Å²) in [5.41, 5.74) is 7.92. The number of rotatable bonds is 1. The van der Waals surface area contributed by atoms with Gasteiger partial charge in [0.25, 0.3) is 0 Å². The van der Waals surface area contributed by atoms with Crippen LogP contribution in [-0.4, -0.2) is 15.6 Å². The van der Waals surface area contributed by atoms with Crippen molar-refractivity contribution in [3.63, 3.8) is 0 Å². The maximum Gasteiger partial charge on any atom is 0.125 e. The third-order valence-electron chi connectivity index (χ3n) is 4.63. The summed E-state index contributed by atoms with van der Waals surface area (Å²) in [4.78, 5) is 4.72. The Balaban J connectivity index is 2.17. The number of imidazole rings is 1. The van der Waals surface area contributed by atoms with Crippen molar-refractivity contribution in [3.05, 3.63) is 29.8 Å². The second-order valence-corrected chi connectivity index (χ2v) is 5.90. The van der Waals surface area contributed by atoms with Gasteiger partial charge >= 0.3 is 0 Å². The predicted molar refractivity (Wildman–Crippen MR) is 74.5 cm³/mol. The van der Waals surface area contributed by atoms with Crippen LogP contribution in [0.3, 0.4) is 0 Å². The van der Waals surface area contributed by atoms with Crippen LogP contribution in [0.1, 0.15) is 38.4 Å². The Labute approximate surface area is 112 Å². The maximum absolute atomic E-state index is 13.4. The van der Waals surface area contributed by atoms with Crippen LogP contribution in [0.25, 0.3) is 11.0 Å². The highest BCUT2D eigenvalue weighted by molar-refractivity contribution is 5.76. The van der Waals surface area contributed by atoms with Gasteiger partial charge in [0, 0.05) is 18.5 Å². The molecule has 1 aliphatic rings. The number of hydrogen-bond acceptors (Lipinski definition) is 2. The lowest BCUT2D eigenvalue weighted by molar-refractivity contribution is 0.254. The smallest absolute Gasteiger partial charge is 0.125 e. The minimum atomic E-state index is -0.222. The van der Waals surface area contributed by atoms with Gasteiger partial charge in [-0.1, -0.05) is 19.8 Å². The number of nitrogens with two attached hydrogens (primary N) is 1. The Bertz CT molecular complexity index is 619. The van der Waals surface area contributed by atoms with Crippen molar-refractivity contribution in [3.8, 4) is 0 Å². The number of halogens is 1. The first-order chi connectivity index (χ1) is 9.02.